The van der Waals surface area contributed by atoms with E-state index in [1.165, 1.54) is 29.7 Å². The molecule has 1 aliphatic heterocycles. The second-order valence-electron chi connectivity index (χ2n) is 9.92. The Balaban J connectivity index is 1.72. The lowest BCUT2D eigenvalue weighted by Crippen LogP contribution is -2.57. The van der Waals surface area contributed by atoms with Gasteiger partial charge in [0.2, 0.25) is 0 Å². The first-order chi connectivity index (χ1) is 18.8. The van der Waals surface area contributed by atoms with Crippen LogP contribution in [-0.4, -0.2) is 67.1 Å². The van der Waals surface area contributed by atoms with Gasteiger partial charge in [0.15, 0.2) is 10.8 Å². The number of Topliss-reactive ketones (excluding diaryl/α,β-unsaturated/α-hetero) is 1. The quantitative estimate of drug-likeness (QED) is 0.441. The van der Waals surface area contributed by atoms with E-state index in [4.69, 9.17) is 4.74 Å². The normalized spacial score (nSPS) is 19.6. The Kier molecular flexibility index (Phi) is 10.1. The van der Waals surface area contributed by atoms with Gasteiger partial charge in [0.25, 0.3) is 21.8 Å². The van der Waals surface area contributed by atoms with Crippen molar-refractivity contribution in [3.05, 3.63) is 40.7 Å². The van der Waals surface area contributed by atoms with Crippen LogP contribution >= 0.6 is 11.3 Å². The smallest absolute Gasteiger partial charge is 0.284 e. The number of ether oxygens (including phenoxy) is 1. The van der Waals surface area contributed by atoms with Gasteiger partial charge < -0.3 is 15.4 Å². The van der Waals surface area contributed by atoms with Gasteiger partial charge in [-0.25, -0.2) is 9.29 Å². The molecule has 2 aliphatic rings. The number of nitrogens with one attached hydrogen (secondary N) is 2. The third-order valence-electron chi connectivity index (χ3n) is 7.20. The summed E-state index contributed by atoms with van der Waals surface area (Å²) in [7, 11) is -4.49. The van der Waals surface area contributed by atoms with Crippen molar-refractivity contribution in [1.82, 2.24) is 19.9 Å². The van der Waals surface area contributed by atoms with Crippen LogP contribution in [-0.2, 0) is 19.6 Å². The predicted molar refractivity (Wildman–Crippen MR) is 147 cm³/mol. The first-order valence-corrected chi connectivity index (χ1v) is 15.9. The maximum Gasteiger partial charge on any atom is 0.284 e. The van der Waals surface area contributed by atoms with Crippen molar-refractivity contribution in [2.24, 2.45) is 5.92 Å². The highest BCUT2D eigenvalue weighted by Crippen LogP contribution is 2.31. The summed E-state index contributed by atoms with van der Waals surface area (Å²) < 4.78 is 34.1. The molecule has 3 heterocycles. The molecule has 2 N–H and O–H groups in total. The largest absolute Gasteiger partial charge is 0.492 e. The standard InChI is InChI=1S/C27H36N4O6S2/c1-2-37-23-13-16-38-25(23)26(33)30-20(17-19-9-4-3-5-10-19)27(34)31(21-11-8-14-28-18-22(21)32)39(35,36)24-12-6-7-15-29-24/h6-7,12-13,15-16,19-21,28H,2-5,8-11,14,17-18H2,1H3,(H,30,33)/t20?,21-/m0/s1. The summed E-state index contributed by atoms with van der Waals surface area (Å²) in [6, 6.07) is 3.77. The summed E-state index contributed by atoms with van der Waals surface area (Å²) in [6.45, 7) is 2.68. The monoisotopic (exact) mass is 576 g/mol. The third-order valence-corrected chi connectivity index (χ3v) is 9.81. The number of thiophene rings is 1. The van der Waals surface area contributed by atoms with Crippen molar-refractivity contribution in [2.45, 2.75) is 75.4 Å². The van der Waals surface area contributed by atoms with Gasteiger partial charge in [-0.15, -0.1) is 11.3 Å². The van der Waals surface area contributed by atoms with Gasteiger partial charge in [-0.3, -0.25) is 14.4 Å². The minimum absolute atomic E-state index is 0.0429. The number of ketones is 1. The Morgan fingerprint density at radius 3 is 2.69 bits per heavy atom. The van der Waals surface area contributed by atoms with Gasteiger partial charge in [-0.2, -0.15) is 8.42 Å². The molecule has 0 spiro atoms. The number of sulfonamides is 1. The molecule has 2 aromatic rings. The van der Waals surface area contributed by atoms with Crippen molar-refractivity contribution < 1.29 is 27.5 Å². The van der Waals surface area contributed by atoms with Crippen LogP contribution in [0.1, 0.15) is 68.0 Å². The molecule has 0 bridgehead atoms. The Bertz CT molecular complexity index is 1240. The molecule has 39 heavy (non-hydrogen) atoms. The molecule has 212 valence electrons. The van der Waals surface area contributed by atoms with Crippen molar-refractivity contribution in [3.8, 4) is 5.75 Å². The zero-order chi connectivity index (χ0) is 27.8. The summed E-state index contributed by atoms with van der Waals surface area (Å²) in [4.78, 5) is 45.2. The topological polar surface area (TPSA) is 135 Å². The fraction of sp³-hybridized carbons (Fsp3) is 0.556. The highest BCUT2D eigenvalue weighted by molar-refractivity contribution is 7.89. The predicted octanol–water partition coefficient (Wildman–Crippen LogP) is 3.15. The number of carbonyl (C=O) groups excluding carboxylic acids is 3. The Hall–Kier alpha value is -2.83. The molecule has 4 rings (SSSR count). The zero-order valence-electron chi connectivity index (χ0n) is 22.1. The summed E-state index contributed by atoms with van der Waals surface area (Å²) in [5.41, 5.74) is 0. The van der Waals surface area contributed by atoms with E-state index < -0.39 is 33.9 Å². The van der Waals surface area contributed by atoms with E-state index in [1.807, 2.05) is 6.92 Å². The van der Waals surface area contributed by atoms with Crippen molar-refractivity contribution >= 4 is 39.0 Å². The number of carbonyl (C=O) groups is 3. The average molecular weight is 577 g/mol. The van der Waals surface area contributed by atoms with Crippen molar-refractivity contribution in [3.63, 3.8) is 0 Å². The van der Waals surface area contributed by atoms with Crippen molar-refractivity contribution in [2.75, 3.05) is 19.7 Å². The summed E-state index contributed by atoms with van der Waals surface area (Å²) in [5.74, 6) is -1.15. The Morgan fingerprint density at radius 2 is 1.97 bits per heavy atom. The molecule has 1 saturated carbocycles. The van der Waals surface area contributed by atoms with Crippen LogP contribution < -0.4 is 15.4 Å². The number of rotatable bonds is 10. The van der Waals surface area contributed by atoms with Crippen LogP contribution in [0.2, 0.25) is 0 Å². The number of hydrogen-bond donors (Lipinski definition) is 2. The van der Waals surface area contributed by atoms with E-state index in [2.05, 4.69) is 15.6 Å². The molecule has 12 heteroatoms. The molecule has 2 aromatic heterocycles. The van der Waals surface area contributed by atoms with Crippen LogP contribution in [0, 0.1) is 5.92 Å². The molecular weight excluding hydrogens is 540 g/mol. The lowest BCUT2D eigenvalue weighted by Gasteiger charge is -2.34. The number of amides is 2. The van der Waals surface area contributed by atoms with Crippen LogP contribution in [0.15, 0.2) is 40.9 Å². The van der Waals surface area contributed by atoms with Crippen LogP contribution in [0.3, 0.4) is 0 Å². The molecule has 0 radical (unpaired) electrons. The number of pyridine rings is 1. The first-order valence-electron chi connectivity index (χ1n) is 13.6. The van der Waals surface area contributed by atoms with Gasteiger partial charge in [0.05, 0.1) is 13.2 Å². The van der Waals surface area contributed by atoms with Gasteiger partial charge in [-0.1, -0.05) is 38.2 Å². The molecule has 2 atom stereocenters. The highest BCUT2D eigenvalue weighted by atomic mass is 32.2. The van der Waals surface area contributed by atoms with Gasteiger partial charge >= 0.3 is 0 Å². The van der Waals surface area contributed by atoms with Crippen LogP contribution in [0.25, 0.3) is 0 Å². The van der Waals surface area contributed by atoms with E-state index in [9.17, 15) is 22.8 Å². The van der Waals surface area contributed by atoms with Gasteiger partial charge in [0.1, 0.15) is 22.7 Å². The Labute approximate surface area is 233 Å². The fourth-order valence-corrected chi connectivity index (χ4v) is 7.59. The van der Waals surface area contributed by atoms with E-state index in [-0.39, 0.29) is 36.1 Å². The zero-order valence-corrected chi connectivity index (χ0v) is 23.8. The second kappa shape index (κ2) is 13.5. The highest BCUT2D eigenvalue weighted by Gasteiger charge is 2.44. The number of hydrogen-bond acceptors (Lipinski definition) is 9. The molecule has 2 amide bonds. The fourth-order valence-electron chi connectivity index (χ4n) is 5.29. The Morgan fingerprint density at radius 1 is 1.18 bits per heavy atom. The molecular formula is C27H36N4O6S2. The number of nitrogens with zero attached hydrogens (tertiary/aromatic N) is 2. The van der Waals surface area contributed by atoms with Gasteiger partial charge in [0, 0.05) is 6.20 Å². The third kappa shape index (κ3) is 7.03. The van der Waals surface area contributed by atoms with E-state index >= 15 is 0 Å². The lowest BCUT2D eigenvalue weighted by atomic mass is 9.84. The molecule has 10 nitrogen and oxygen atoms in total. The molecule has 1 unspecified atom stereocenters. The SMILES string of the molecule is CCOc1ccsc1C(=O)NC(CC1CCCCC1)C(=O)N([C@H]1CCCNCC1=O)S(=O)(=O)c1ccccn1. The lowest BCUT2D eigenvalue weighted by molar-refractivity contribution is -0.135. The minimum Gasteiger partial charge on any atom is -0.492 e. The van der Waals surface area contributed by atoms with Crippen LogP contribution in [0.4, 0.5) is 0 Å². The summed E-state index contributed by atoms with van der Waals surface area (Å²) in [6.07, 6.45) is 7.25. The average Bonchev–Trinajstić information content (AvgIpc) is 3.31. The number of aromatic nitrogens is 1. The van der Waals surface area contributed by atoms with Crippen molar-refractivity contribution in [1.29, 1.82) is 0 Å². The maximum atomic E-state index is 14.3. The summed E-state index contributed by atoms with van der Waals surface area (Å²) in [5, 5.41) is 7.24. The maximum absolute atomic E-state index is 14.3. The first kappa shape index (κ1) is 29.2. The summed E-state index contributed by atoms with van der Waals surface area (Å²) >= 11 is 1.19. The van der Waals surface area contributed by atoms with E-state index in [0.717, 1.165) is 32.1 Å². The molecule has 1 saturated heterocycles. The van der Waals surface area contributed by atoms with E-state index in [0.29, 0.717) is 34.5 Å². The molecule has 2 fully saturated rings. The van der Waals surface area contributed by atoms with Crippen LogP contribution in [0.5, 0.6) is 5.75 Å². The molecule has 1 aliphatic carbocycles. The minimum atomic E-state index is -4.49. The van der Waals surface area contributed by atoms with Gasteiger partial charge in [-0.05, 0) is 62.2 Å². The van der Waals surface area contributed by atoms with E-state index in [1.54, 1.807) is 17.5 Å². The second-order valence-corrected chi connectivity index (χ2v) is 12.6. The molecule has 0 aromatic carbocycles.